The van der Waals surface area contributed by atoms with Gasteiger partial charge in [-0.05, 0) is 49.4 Å². The lowest BCUT2D eigenvalue weighted by molar-refractivity contribution is -0.140. The Morgan fingerprint density at radius 2 is 2.00 bits per heavy atom. The number of rotatable bonds is 5. The van der Waals surface area contributed by atoms with Gasteiger partial charge in [0.25, 0.3) is 5.91 Å². The Hall–Kier alpha value is -1.71. The first-order valence-electron chi connectivity index (χ1n) is 7.73. The first kappa shape index (κ1) is 15.7. The van der Waals surface area contributed by atoms with Crippen LogP contribution < -0.4 is 9.47 Å². The van der Waals surface area contributed by atoms with Crippen LogP contribution in [0.15, 0.2) is 24.3 Å². The van der Waals surface area contributed by atoms with Gasteiger partial charge in [-0.1, -0.05) is 13.8 Å². The molecule has 0 saturated carbocycles. The van der Waals surface area contributed by atoms with Crippen molar-refractivity contribution in [1.29, 1.82) is 0 Å². The van der Waals surface area contributed by atoms with E-state index in [4.69, 9.17) is 9.47 Å². The van der Waals surface area contributed by atoms with Crippen molar-refractivity contribution in [3.8, 4) is 11.5 Å². The SMILES string of the molecule is CC[C@@H](Oc1ccc(OC)cc1)C(=O)N1CCC[C@@H](C)C1. The minimum absolute atomic E-state index is 0.111. The van der Waals surface area contributed by atoms with E-state index in [1.54, 1.807) is 7.11 Å². The molecule has 21 heavy (non-hydrogen) atoms. The summed E-state index contributed by atoms with van der Waals surface area (Å²) in [5, 5.41) is 0. The Labute approximate surface area is 127 Å². The Morgan fingerprint density at radius 3 is 2.57 bits per heavy atom. The van der Waals surface area contributed by atoms with Crippen molar-refractivity contribution < 1.29 is 14.3 Å². The maximum Gasteiger partial charge on any atom is 0.263 e. The van der Waals surface area contributed by atoms with E-state index in [-0.39, 0.29) is 5.91 Å². The third-order valence-corrected chi connectivity index (χ3v) is 3.95. The smallest absolute Gasteiger partial charge is 0.263 e. The summed E-state index contributed by atoms with van der Waals surface area (Å²) in [5.74, 6) is 2.19. The van der Waals surface area contributed by atoms with E-state index in [0.29, 0.717) is 18.1 Å². The predicted molar refractivity (Wildman–Crippen MR) is 82.7 cm³/mol. The zero-order valence-electron chi connectivity index (χ0n) is 13.2. The highest BCUT2D eigenvalue weighted by Gasteiger charge is 2.27. The molecule has 0 aromatic heterocycles. The van der Waals surface area contributed by atoms with E-state index in [9.17, 15) is 4.79 Å². The highest BCUT2D eigenvalue weighted by atomic mass is 16.5. The van der Waals surface area contributed by atoms with Crippen molar-refractivity contribution in [2.75, 3.05) is 20.2 Å². The van der Waals surface area contributed by atoms with Crippen molar-refractivity contribution >= 4 is 5.91 Å². The number of piperidine rings is 1. The second-order valence-corrected chi connectivity index (χ2v) is 5.72. The van der Waals surface area contributed by atoms with Gasteiger partial charge in [-0.2, -0.15) is 0 Å². The first-order valence-corrected chi connectivity index (χ1v) is 7.73. The van der Waals surface area contributed by atoms with Gasteiger partial charge in [0.15, 0.2) is 6.10 Å². The van der Waals surface area contributed by atoms with Crippen molar-refractivity contribution in [3.63, 3.8) is 0 Å². The van der Waals surface area contributed by atoms with Gasteiger partial charge in [-0.25, -0.2) is 0 Å². The number of hydrogen-bond donors (Lipinski definition) is 0. The molecule has 0 N–H and O–H groups in total. The van der Waals surface area contributed by atoms with E-state index in [1.165, 1.54) is 6.42 Å². The Morgan fingerprint density at radius 1 is 1.33 bits per heavy atom. The number of carbonyl (C=O) groups excluding carboxylic acids is 1. The summed E-state index contributed by atoms with van der Waals surface area (Å²) in [7, 11) is 1.63. The van der Waals surface area contributed by atoms with Crippen molar-refractivity contribution in [2.24, 2.45) is 5.92 Å². The topological polar surface area (TPSA) is 38.8 Å². The zero-order chi connectivity index (χ0) is 15.2. The first-order chi connectivity index (χ1) is 10.1. The van der Waals surface area contributed by atoms with Crippen LogP contribution in [0.5, 0.6) is 11.5 Å². The minimum atomic E-state index is -0.399. The molecular weight excluding hydrogens is 266 g/mol. The average Bonchev–Trinajstić information content (AvgIpc) is 2.52. The van der Waals surface area contributed by atoms with Gasteiger partial charge in [-0.15, -0.1) is 0 Å². The van der Waals surface area contributed by atoms with Crippen LogP contribution in [0, 0.1) is 5.92 Å². The summed E-state index contributed by atoms with van der Waals surface area (Å²) in [6.45, 7) is 5.89. The Bertz CT molecular complexity index is 458. The molecule has 0 radical (unpaired) electrons. The number of methoxy groups -OCH3 is 1. The molecule has 1 amide bonds. The molecule has 1 saturated heterocycles. The number of hydrogen-bond acceptors (Lipinski definition) is 3. The minimum Gasteiger partial charge on any atom is -0.497 e. The monoisotopic (exact) mass is 291 g/mol. The second kappa shape index (κ2) is 7.34. The van der Waals surface area contributed by atoms with Gasteiger partial charge < -0.3 is 14.4 Å². The molecular formula is C17H25NO3. The summed E-state index contributed by atoms with van der Waals surface area (Å²) in [6.07, 6.45) is 2.57. The second-order valence-electron chi connectivity index (χ2n) is 5.72. The van der Waals surface area contributed by atoms with Crippen LogP contribution in [0.4, 0.5) is 0 Å². The number of likely N-dealkylation sites (tertiary alicyclic amines) is 1. The normalized spacial score (nSPS) is 20.0. The molecule has 2 atom stereocenters. The van der Waals surface area contributed by atoms with Crippen LogP contribution >= 0.6 is 0 Å². The molecule has 1 aromatic rings. The van der Waals surface area contributed by atoms with Crippen LogP contribution in [0.1, 0.15) is 33.1 Å². The van der Waals surface area contributed by atoms with Crippen molar-refractivity contribution in [1.82, 2.24) is 4.90 Å². The number of nitrogens with zero attached hydrogens (tertiary/aromatic N) is 1. The molecule has 1 heterocycles. The number of amides is 1. The van der Waals surface area contributed by atoms with Gasteiger partial charge in [0.1, 0.15) is 11.5 Å². The Kier molecular flexibility index (Phi) is 5.48. The highest BCUT2D eigenvalue weighted by Crippen LogP contribution is 2.21. The van der Waals surface area contributed by atoms with E-state index in [0.717, 1.165) is 25.3 Å². The maximum atomic E-state index is 12.6. The lowest BCUT2D eigenvalue weighted by Crippen LogP contribution is -2.46. The molecule has 0 aliphatic carbocycles. The van der Waals surface area contributed by atoms with Crippen molar-refractivity contribution in [3.05, 3.63) is 24.3 Å². The molecule has 1 fully saturated rings. The molecule has 1 aliphatic heterocycles. The fourth-order valence-corrected chi connectivity index (χ4v) is 2.72. The maximum absolute atomic E-state index is 12.6. The third kappa shape index (κ3) is 4.13. The molecule has 1 aliphatic rings. The van der Waals surface area contributed by atoms with Gasteiger partial charge in [0, 0.05) is 13.1 Å². The van der Waals surface area contributed by atoms with E-state index < -0.39 is 6.10 Å². The van der Waals surface area contributed by atoms with E-state index in [2.05, 4.69) is 6.92 Å². The number of carbonyl (C=O) groups is 1. The molecule has 0 bridgehead atoms. The summed E-state index contributed by atoms with van der Waals surface area (Å²) in [5.41, 5.74) is 0. The summed E-state index contributed by atoms with van der Waals surface area (Å²) in [6, 6.07) is 7.37. The molecule has 4 heteroatoms. The van der Waals surface area contributed by atoms with Gasteiger partial charge in [0.2, 0.25) is 0 Å². The molecule has 2 rings (SSSR count). The summed E-state index contributed by atoms with van der Waals surface area (Å²) >= 11 is 0. The van der Waals surface area contributed by atoms with Crippen LogP contribution in [0.3, 0.4) is 0 Å². The lowest BCUT2D eigenvalue weighted by Gasteiger charge is -2.33. The number of benzene rings is 1. The van der Waals surface area contributed by atoms with E-state index in [1.807, 2.05) is 36.1 Å². The lowest BCUT2D eigenvalue weighted by atomic mass is 9.99. The fraction of sp³-hybridized carbons (Fsp3) is 0.588. The van der Waals surface area contributed by atoms with Gasteiger partial charge in [0.05, 0.1) is 7.11 Å². The highest BCUT2D eigenvalue weighted by molar-refractivity contribution is 5.81. The average molecular weight is 291 g/mol. The third-order valence-electron chi connectivity index (χ3n) is 3.95. The van der Waals surface area contributed by atoms with Crippen molar-refractivity contribution in [2.45, 2.75) is 39.2 Å². The van der Waals surface area contributed by atoms with Gasteiger partial charge >= 0.3 is 0 Å². The van der Waals surface area contributed by atoms with Crippen LogP contribution in [-0.2, 0) is 4.79 Å². The molecule has 4 nitrogen and oxygen atoms in total. The standard InChI is InChI=1S/C17H25NO3/c1-4-16(17(19)18-11-5-6-13(2)12-18)21-15-9-7-14(20-3)8-10-15/h7-10,13,16H,4-6,11-12H2,1-3H3/t13-,16-/m1/s1. The van der Waals surface area contributed by atoms with Gasteiger partial charge in [-0.3, -0.25) is 4.79 Å². The number of ether oxygens (including phenoxy) is 2. The van der Waals surface area contributed by atoms with Crippen LogP contribution in [-0.4, -0.2) is 37.1 Å². The van der Waals surface area contributed by atoms with E-state index >= 15 is 0 Å². The largest absolute Gasteiger partial charge is 0.497 e. The van der Waals surface area contributed by atoms with Crippen LogP contribution in [0.2, 0.25) is 0 Å². The predicted octanol–water partition coefficient (Wildman–Crippen LogP) is 3.11. The molecule has 0 spiro atoms. The molecule has 1 aromatic carbocycles. The zero-order valence-corrected chi connectivity index (χ0v) is 13.2. The summed E-state index contributed by atoms with van der Waals surface area (Å²) in [4.78, 5) is 14.5. The molecule has 0 unspecified atom stereocenters. The Balaban J connectivity index is 1.99. The molecule has 116 valence electrons. The van der Waals surface area contributed by atoms with Crippen LogP contribution in [0.25, 0.3) is 0 Å². The quantitative estimate of drug-likeness (QED) is 0.836. The fourth-order valence-electron chi connectivity index (χ4n) is 2.72. The summed E-state index contributed by atoms with van der Waals surface area (Å²) < 4.78 is 11.0.